The third-order valence-corrected chi connectivity index (χ3v) is 4.68. The Hall–Kier alpha value is -3.52. The van der Waals surface area contributed by atoms with Crippen LogP contribution < -0.4 is 5.73 Å². The average Bonchev–Trinajstić information content (AvgIpc) is 3.31. The maximum Gasteiger partial charge on any atom is 0.267 e. The second kappa shape index (κ2) is 6.90. The number of pyridine rings is 1. The number of halogens is 1. The number of benzene rings is 1. The summed E-state index contributed by atoms with van der Waals surface area (Å²) < 4.78 is 16.8. The Balaban J connectivity index is 1.96. The summed E-state index contributed by atoms with van der Waals surface area (Å²) in [6.45, 7) is 1.79. The average molecular weight is 379 g/mol. The third-order valence-electron chi connectivity index (χ3n) is 4.68. The molecule has 0 radical (unpaired) electrons. The van der Waals surface area contributed by atoms with Gasteiger partial charge < -0.3 is 15.4 Å². The maximum absolute atomic E-state index is 13.4. The first kappa shape index (κ1) is 17.9. The van der Waals surface area contributed by atoms with Gasteiger partial charge in [0, 0.05) is 17.3 Å². The SMILES string of the molecule is CC(CO)n1cnc(-c2ccc(F)cc2)c1-c1ccc2ncc(C(N)=O)n2c1. The summed E-state index contributed by atoms with van der Waals surface area (Å²) in [5.74, 6) is -0.917. The summed E-state index contributed by atoms with van der Waals surface area (Å²) in [5.41, 5.74) is 9.16. The van der Waals surface area contributed by atoms with E-state index in [0.29, 0.717) is 11.3 Å². The lowest BCUT2D eigenvalue weighted by molar-refractivity contribution is 0.0994. The van der Waals surface area contributed by atoms with E-state index in [4.69, 9.17) is 5.73 Å². The van der Waals surface area contributed by atoms with Crippen LogP contribution in [0.4, 0.5) is 4.39 Å². The van der Waals surface area contributed by atoms with Crippen LogP contribution >= 0.6 is 0 Å². The number of nitrogens with zero attached hydrogens (tertiary/aromatic N) is 4. The minimum atomic E-state index is -0.583. The van der Waals surface area contributed by atoms with Crippen molar-refractivity contribution in [3.05, 3.63) is 66.6 Å². The van der Waals surface area contributed by atoms with E-state index in [1.54, 1.807) is 35.1 Å². The molecule has 4 aromatic rings. The van der Waals surface area contributed by atoms with Crippen LogP contribution in [0.5, 0.6) is 0 Å². The molecule has 1 amide bonds. The van der Waals surface area contributed by atoms with Gasteiger partial charge in [0.2, 0.25) is 0 Å². The number of rotatable bonds is 5. The van der Waals surface area contributed by atoms with E-state index >= 15 is 0 Å². The largest absolute Gasteiger partial charge is 0.394 e. The molecule has 3 aromatic heterocycles. The molecule has 3 heterocycles. The fraction of sp³-hybridized carbons (Fsp3) is 0.150. The predicted octanol–water partition coefficient (Wildman–Crippen LogP) is 2.66. The Kier molecular flexibility index (Phi) is 4.40. The van der Waals surface area contributed by atoms with E-state index in [-0.39, 0.29) is 24.2 Å². The number of fused-ring (bicyclic) bond motifs is 1. The van der Waals surface area contributed by atoms with Gasteiger partial charge in [0.1, 0.15) is 17.2 Å². The van der Waals surface area contributed by atoms with Crippen LogP contribution in [-0.4, -0.2) is 36.6 Å². The Morgan fingerprint density at radius 2 is 1.89 bits per heavy atom. The van der Waals surface area contributed by atoms with Gasteiger partial charge in [0.15, 0.2) is 0 Å². The number of hydrogen-bond donors (Lipinski definition) is 2. The van der Waals surface area contributed by atoms with Gasteiger partial charge in [-0.15, -0.1) is 0 Å². The van der Waals surface area contributed by atoms with Gasteiger partial charge in [-0.2, -0.15) is 0 Å². The lowest BCUT2D eigenvalue weighted by atomic mass is 10.1. The van der Waals surface area contributed by atoms with Gasteiger partial charge in [0.05, 0.1) is 36.6 Å². The van der Waals surface area contributed by atoms with Gasteiger partial charge in [-0.25, -0.2) is 14.4 Å². The number of carbonyl (C=O) groups excluding carboxylic acids is 1. The van der Waals surface area contributed by atoms with Crippen LogP contribution in [0.3, 0.4) is 0 Å². The lowest BCUT2D eigenvalue weighted by Gasteiger charge is -2.16. The highest BCUT2D eigenvalue weighted by Gasteiger charge is 2.19. The van der Waals surface area contributed by atoms with Crippen LogP contribution in [0.15, 0.2) is 55.1 Å². The first-order valence-electron chi connectivity index (χ1n) is 8.70. The van der Waals surface area contributed by atoms with Gasteiger partial charge in [-0.05, 0) is 43.3 Å². The summed E-state index contributed by atoms with van der Waals surface area (Å²) in [4.78, 5) is 20.4. The Morgan fingerprint density at radius 3 is 2.57 bits per heavy atom. The van der Waals surface area contributed by atoms with Crippen molar-refractivity contribution in [1.29, 1.82) is 0 Å². The fourth-order valence-electron chi connectivity index (χ4n) is 3.19. The number of primary amides is 1. The molecule has 142 valence electrons. The number of carbonyl (C=O) groups is 1. The summed E-state index contributed by atoms with van der Waals surface area (Å²) in [7, 11) is 0. The van der Waals surface area contributed by atoms with E-state index in [0.717, 1.165) is 16.8 Å². The number of imidazole rings is 2. The summed E-state index contributed by atoms with van der Waals surface area (Å²) in [6.07, 6.45) is 4.82. The van der Waals surface area contributed by atoms with E-state index in [9.17, 15) is 14.3 Å². The molecule has 0 spiro atoms. The number of aliphatic hydroxyl groups is 1. The first-order valence-corrected chi connectivity index (χ1v) is 8.70. The van der Waals surface area contributed by atoms with Crippen molar-refractivity contribution in [3.8, 4) is 22.5 Å². The third kappa shape index (κ3) is 2.93. The van der Waals surface area contributed by atoms with Gasteiger partial charge >= 0.3 is 0 Å². The molecule has 1 aromatic carbocycles. The van der Waals surface area contributed by atoms with Crippen molar-refractivity contribution in [3.63, 3.8) is 0 Å². The highest BCUT2D eigenvalue weighted by Crippen LogP contribution is 2.33. The molecular weight excluding hydrogens is 361 g/mol. The normalized spacial score (nSPS) is 12.4. The summed E-state index contributed by atoms with van der Waals surface area (Å²) in [5, 5.41) is 9.66. The van der Waals surface area contributed by atoms with Crippen LogP contribution in [0.25, 0.3) is 28.2 Å². The van der Waals surface area contributed by atoms with Crippen LogP contribution in [0.2, 0.25) is 0 Å². The first-order chi connectivity index (χ1) is 13.5. The van der Waals surface area contributed by atoms with Crippen molar-refractivity contribution < 1.29 is 14.3 Å². The lowest BCUT2D eigenvalue weighted by Crippen LogP contribution is -2.14. The fourth-order valence-corrected chi connectivity index (χ4v) is 3.19. The minimum absolute atomic E-state index is 0.0773. The molecule has 7 nitrogen and oxygen atoms in total. The van der Waals surface area contributed by atoms with Crippen molar-refractivity contribution in [2.45, 2.75) is 13.0 Å². The molecular formula is C20H18FN5O2. The predicted molar refractivity (Wildman–Crippen MR) is 102 cm³/mol. The molecule has 1 unspecified atom stereocenters. The Bertz CT molecular complexity index is 1160. The second-order valence-corrected chi connectivity index (χ2v) is 6.54. The van der Waals surface area contributed by atoms with E-state index < -0.39 is 5.91 Å². The van der Waals surface area contributed by atoms with Gasteiger partial charge in [-0.3, -0.25) is 9.20 Å². The highest BCUT2D eigenvalue weighted by atomic mass is 19.1. The molecule has 28 heavy (non-hydrogen) atoms. The monoisotopic (exact) mass is 379 g/mol. The van der Waals surface area contributed by atoms with Crippen molar-refractivity contribution in [1.82, 2.24) is 18.9 Å². The quantitative estimate of drug-likeness (QED) is 0.557. The van der Waals surface area contributed by atoms with Gasteiger partial charge in [0.25, 0.3) is 5.91 Å². The zero-order chi connectivity index (χ0) is 19.8. The minimum Gasteiger partial charge on any atom is -0.394 e. The number of nitrogens with two attached hydrogens (primary N) is 1. The number of aliphatic hydroxyl groups excluding tert-OH is 1. The van der Waals surface area contributed by atoms with E-state index in [2.05, 4.69) is 9.97 Å². The second-order valence-electron chi connectivity index (χ2n) is 6.54. The van der Waals surface area contributed by atoms with Crippen molar-refractivity contribution in [2.75, 3.05) is 6.61 Å². The molecule has 8 heteroatoms. The topological polar surface area (TPSA) is 98.4 Å². The Labute approximate surface area is 159 Å². The van der Waals surface area contributed by atoms with Crippen LogP contribution in [-0.2, 0) is 0 Å². The van der Waals surface area contributed by atoms with Gasteiger partial charge in [-0.1, -0.05) is 0 Å². The summed E-state index contributed by atoms with van der Waals surface area (Å²) in [6, 6.07) is 9.45. The molecule has 1 atom stereocenters. The van der Waals surface area contributed by atoms with E-state index in [1.807, 2.05) is 17.6 Å². The van der Waals surface area contributed by atoms with Crippen LogP contribution in [0, 0.1) is 5.82 Å². The standard InChI is InChI=1S/C20H18FN5O2/c1-12(10-27)26-11-24-18(13-2-5-15(21)6-3-13)19(26)14-4-7-17-23-8-16(20(22)28)25(17)9-14/h2-9,11-12,27H,10H2,1H3,(H2,22,28). The molecule has 4 rings (SSSR count). The molecule has 0 aliphatic carbocycles. The maximum atomic E-state index is 13.4. The number of amides is 1. The number of aromatic nitrogens is 4. The molecule has 0 aliphatic heterocycles. The smallest absolute Gasteiger partial charge is 0.267 e. The molecule has 0 fully saturated rings. The zero-order valence-electron chi connectivity index (χ0n) is 15.1. The molecule has 0 saturated heterocycles. The summed E-state index contributed by atoms with van der Waals surface area (Å²) >= 11 is 0. The molecule has 3 N–H and O–H groups in total. The zero-order valence-corrected chi connectivity index (χ0v) is 15.1. The van der Waals surface area contributed by atoms with E-state index in [1.165, 1.54) is 18.3 Å². The molecule has 0 bridgehead atoms. The Morgan fingerprint density at radius 1 is 1.18 bits per heavy atom. The number of hydrogen-bond acceptors (Lipinski definition) is 4. The van der Waals surface area contributed by atoms with Crippen molar-refractivity contribution >= 4 is 11.6 Å². The van der Waals surface area contributed by atoms with Crippen LogP contribution in [0.1, 0.15) is 23.5 Å². The highest BCUT2D eigenvalue weighted by molar-refractivity contribution is 5.92. The molecule has 0 saturated carbocycles. The molecule has 0 aliphatic rings. The van der Waals surface area contributed by atoms with Crippen molar-refractivity contribution in [2.24, 2.45) is 5.73 Å².